The molecule has 0 amide bonds. The SMILES string of the molecule is C[C@@H]1CC2C[C@@H](C1)[C@@]1(c3ccccc3-c3ccc(-c4ccc5oc6ccc(N(c7ccc(-c8ccccc8)cc7)c7ccc8c(c7)C7(CCCC7)c7ccccc7-8)cc6c5c4)cc31)[C@@H](C)C2. The molecule has 0 saturated heterocycles. The predicted octanol–water partition coefficient (Wildman–Crippen LogP) is 17.6. The van der Waals surface area contributed by atoms with Crippen molar-refractivity contribution in [2.24, 2.45) is 23.7 Å². The van der Waals surface area contributed by atoms with Crippen LogP contribution in [0.3, 0.4) is 0 Å². The Morgan fingerprint density at radius 1 is 0.439 bits per heavy atom. The van der Waals surface area contributed by atoms with E-state index in [-0.39, 0.29) is 10.8 Å². The molecule has 1 heterocycles. The maximum atomic E-state index is 6.67. The van der Waals surface area contributed by atoms with Gasteiger partial charge in [0, 0.05) is 38.7 Å². The first kappa shape index (κ1) is 38.6. The van der Waals surface area contributed by atoms with E-state index in [0.717, 1.165) is 45.1 Å². The maximum Gasteiger partial charge on any atom is 0.135 e. The van der Waals surface area contributed by atoms with E-state index in [9.17, 15) is 0 Å². The molecule has 322 valence electrons. The van der Waals surface area contributed by atoms with E-state index in [4.69, 9.17) is 4.42 Å². The second-order valence-corrected chi connectivity index (χ2v) is 21.0. The van der Waals surface area contributed by atoms with Crippen LogP contribution in [0.15, 0.2) is 180 Å². The predicted molar refractivity (Wildman–Crippen MR) is 274 cm³/mol. The number of hydrogen-bond acceptors (Lipinski definition) is 2. The van der Waals surface area contributed by atoms with Gasteiger partial charge in [0.25, 0.3) is 0 Å². The van der Waals surface area contributed by atoms with Crippen LogP contribution in [-0.2, 0) is 10.8 Å². The highest BCUT2D eigenvalue weighted by atomic mass is 16.3. The molecule has 2 spiro atoms. The second kappa shape index (κ2) is 14.4. The fourth-order valence-electron chi connectivity index (χ4n) is 15.0. The molecule has 1 unspecified atom stereocenters. The third kappa shape index (κ3) is 5.48. The zero-order valence-corrected chi connectivity index (χ0v) is 38.1. The van der Waals surface area contributed by atoms with Crippen molar-refractivity contribution in [3.8, 4) is 44.5 Å². The summed E-state index contributed by atoms with van der Waals surface area (Å²) in [6.45, 7) is 5.08. The summed E-state index contributed by atoms with van der Waals surface area (Å²) in [6.07, 6.45) is 10.4. The molecule has 2 heteroatoms. The number of nitrogens with zero attached hydrogens (tertiary/aromatic N) is 1. The highest BCUT2D eigenvalue weighted by Gasteiger charge is 2.56. The van der Waals surface area contributed by atoms with Crippen molar-refractivity contribution in [1.82, 2.24) is 0 Å². The molecule has 3 fully saturated rings. The molecule has 14 rings (SSSR count). The van der Waals surface area contributed by atoms with Gasteiger partial charge in [0.05, 0.1) is 0 Å². The van der Waals surface area contributed by atoms with Crippen LogP contribution < -0.4 is 4.90 Å². The normalized spacial score (nSPS) is 23.0. The van der Waals surface area contributed by atoms with Gasteiger partial charge in [0.2, 0.25) is 0 Å². The number of benzene rings is 8. The summed E-state index contributed by atoms with van der Waals surface area (Å²) in [6, 6.07) is 66.9. The van der Waals surface area contributed by atoms with Gasteiger partial charge in [-0.05, 0) is 190 Å². The summed E-state index contributed by atoms with van der Waals surface area (Å²) in [7, 11) is 0. The van der Waals surface area contributed by atoms with Gasteiger partial charge >= 0.3 is 0 Å². The number of furan rings is 1. The first-order valence-electron chi connectivity index (χ1n) is 24.9. The smallest absolute Gasteiger partial charge is 0.135 e. The quantitative estimate of drug-likeness (QED) is 0.171. The standard InChI is InChI=1S/C64H55NO/c1-40-32-42-34-41(2)64(47(33-40)35-42)58-17-9-7-15-52(58)54-26-20-46(37-60(54)64)45-21-28-61-55(36-45)56-38-49(25-29-62(56)66-61)65(48-22-18-44(19-23-48)43-12-4-3-5-13-43)50-24-27-53-51-14-6-8-16-57(51)63(59(53)39-50)30-10-11-31-63/h3-9,12-29,36-42,47H,10-11,30-35H2,1-2H3/t40-,41+,42?,47-,64-/m1/s1. The molecule has 0 radical (unpaired) electrons. The van der Waals surface area contributed by atoms with Crippen molar-refractivity contribution in [3.63, 3.8) is 0 Å². The molecule has 2 bridgehead atoms. The number of fused-ring (bicyclic) bond motifs is 16. The first-order valence-corrected chi connectivity index (χ1v) is 24.9. The Hall–Kier alpha value is -6.64. The zero-order valence-electron chi connectivity index (χ0n) is 38.1. The van der Waals surface area contributed by atoms with E-state index in [1.165, 1.54) is 113 Å². The van der Waals surface area contributed by atoms with Crippen molar-refractivity contribution >= 4 is 39.0 Å². The van der Waals surface area contributed by atoms with Crippen LogP contribution in [0.4, 0.5) is 17.1 Å². The minimum absolute atomic E-state index is 0.0645. The zero-order chi connectivity index (χ0) is 43.7. The minimum Gasteiger partial charge on any atom is -0.456 e. The Kier molecular flexibility index (Phi) is 8.44. The van der Waals surface area contributed by atoms with Gasteiger partial charge in [-0.15, -0.1) is 0 Å². The Balaban J connectivity index is 0.904. The van der Waals surface area contributed by atoms with Crippen molar-refractivity contribution in [3.05, 3.63) is 198 Å². The average molecular weight is 854 g/mol. The van der Waals surface area contributed by atoms with Gasteiger partial charge in [-0.25, -0.2) is 0 Å². The second-order valence-electron chi connectivity index (χ2n) is 21.0. The molecule has 2 nitrogen and oxygen atoms in total. The van der Waals surface area contributed by atoms with Crippen LogP contribution in [0.2, 0.25) is 0 Å². The van der Waals surface area contributed by atoms with Crippen LogP contribution in [0.1, 0.15) is 87.5 Å². The largest absolute Gasteiger partial charge is 0.456 e. The monoisotopic (exact) mass is 853 g/mol. The van der Waals surface area contributed by atoms with Crippen molar-refractivity contribution < 1.29 is 4.42 Å². The van der Waals surface area contributed by atoms with Gasteiger partial charge in [-0.1, -0.05) is 142 Å². The fourth-order valence-corrected chi connectivity index (χ4v) is 15.0. The molecule has 66 heavy (non-hydrogen) atoms. The molecule has 8 aromatic carbocycles. The van der Waals surface area contributed by atoms with Crippen LogP contribution in [0, 0.1) is 23.7 Å². The number of anilines is 3. The topological polar surface area (TPSA) is 16.4 Å². The van der Waals surface area contributed by atoms with Gasteiger partial charge < -0.3 is 9.32 Å². The highest BCUT2D eigenvalue weighted by molar-refractivity contribution is 6.08. The molecule has 0 N–H and O–H groups in total. The summed E-state index contributed by atoms with van der Waals surface area (Å²) >= 11 is 0. The van der Waals surface area contributed by atoms with E-state index in [1.807, 2.05) is 0 Å². The molecule has 5 aliphatic rings. The summed E-state index contributed by atoms with van der Waals surface area (Å²) in [4.78, 5) is 2.47. The molecule has 0 aliphatic heterocycles. The fraction of sp³-hybridized carbons (Fsp3) is 0.250. The first-order chi connectivity index (χ1) is 32.5. The van der Waals surface area contributed by atoms with Crippen LogP contribution in [-0.4, -0.2) is 0 Å². The maximum absolute atomic E-state index is 6.67. The molecule has 3 saturated carbocycles. The van der Waals surface area contributed by atoms with Gasteiger partial charge in [-0.3, -0.25) is 0 Å². The van der Waals surface area contributed by atoms with E-state index in [2.05, 4.69) is 195 Å². The Morgan fingerprint density at radius 3 is 1.83 bits per heavy atom. The summed E-state index contributed by atoms with van der Waals surface area (Å²) in [5, 5.41) is 2.30. The Morgan fingerprint density at radius 2 is 1.02 bits per heavy atom. The Bertz CT molecular complexity index is 3380. The van der Waals surface area contributed by atoms with E-state index >= 15 is 0 Å². The molecular weight excluding hydrogens is 799 g/mol. The summed E-state index contributed by atoms with van der Waals surface area (Å²) in [5.74, 6) is 2.92. The van der Waals surface area contributed by atoms with E-state index < -0.39 is 0 Å². The number of rotatable bonds is 5. The Labute approximate surface area is 389 Å². The highest BCUT2D eigenvalue weighted by Crippen LogP contribution is 2.65. The average Bonchev–Trinajstić information content (AvgIpc) is 4.13. The molecular formula is C64H55NO. The van der Waals surface area contributed by atoms with E-state index in [0.29, 0.717) is 11.8 Å². The minimum atomic E-state index is 0.0645. The van der Waals surface area contributed by atoms with E-state index in [1.54, 1.807) is 11.1 Å². The van der Waals surface area contributed by atoms with Crippen LogP contribution in [0.25, 0.3) is 66.4 Å². The van der Waals surface area contributed by atoms with Crippen LogP contribution in [0.5, 0.6) is 0 Å². The molecule has 9 aromatic rings. The lowest BCUT2D eigenvalue weighted by Gasteiger charge is -2.54. The van der Waals surface area contributed by atoms with Crippen molar-refractivity contribution in [2.75, 3.05) is 4.90 Å². The lowest BCUT2D eigenvalue weighted by molar-refractivity contribution is 0.0426. The molecule has 1 aromatic heterocycles. The third-order valence-electron chi connectivity index (χ3n) is 17.5. The molecule has 5 aliphatic carbocycles. The van der Waals surface area contributed by atoms with Gasteiger partial charge in [-0.2, -0.15) is 0 Å². The summed E-state index contributed by atoms with van der Waals surface area (Å²) in [5.41, 5.74) is 22.3. The number of hydrogen-bond donors (Lipinski definition) is 0. The van der Waals surface area contributed by atoms with Gasteiger partial charge in [0.1, 0.15) is 11.2 Å². The van der Waals surface area contributed by atoms with Crippen molar-refractivity contribution in [1.29, 1.82) is 0 Å². The molecule has 5 atom stereocenters. The van der Waals surface area contributed by atoms with Crippen molar-refractivity contribution in [2.45, 2.75) is 76.0 Å². The summed E-state index contributed by atoms with van der Waals surface area (Å²) < 4.78 is 6.67. The third-order valence-corrected chi connectivity index (χ3v) is 17.5. The lowest BCUT2D eigenvalue weighted by atomic mass is 9.49. The van der Waals surface area contributed by atoms with Crippen LogP contribution >= 0.6 is 0 Å². The lowest BCUT2D eigenvalue weighted by Crippen LogP contribution is -2.49. The van der Waals surface area contributed by atoms with Gasteiger partial charge in [0.15, 0.2) is 0 Å².